The molecule has 1 heterocycles. The van der Waals surface area contributed by atoms with Gasteiger partial charge in [0.2, 0.25) is 0 Å². The zero-order valence-electron chi connectivity index (χ0n) is 22.0. The van der Waals surface area contributed by atoms with Crippen LogP contribution in [0, 0.1) is 11.3 Å². The molecule has 0 radical (unpaired) electrons. The molecule has 198 valence electrons. The third kappa shape index (κ3) is 6.91. The van der Waals surface area contributed by atoms with E-state index in [0.29, 0.717) is 24.4 Å². The third-order valence-corrected chi connectivity index (χ3v) is 6.35. The van der Waals surface area contributed by atoms with E-state index < -0.39 is 0 Å². The number of aliphatic hydroxyl groups is 1. The number of nitrogens with one attached hydrogen (secondary N) is 1. The lowest BCUT2D eigenvalue weighted by atomic mass is 9.97. The second-order valence-corrected chi connectivity index (χ2v) is 8.54. The Morgan fingerprint density at radius 2 is 1.74 bits per heavy atom. The van der Waals surface area contributed by atoms with Crippen molar-refractivity contribution in [3.63, 3.8) is 0 Å². The highest BCUT2D eigenvalue weighted by Crippen LogP contribution is 2.32. The summed E-state index contributed by atoms with van der Waals surface area (Å²) in [6.45, 7) is 4.10. The number of phenolic OH excluding ortho intramolecular Hbond substituents is 1. The Hall–Kier alpha value is -4.32. The van der Waals surface area contributed by atoms with Gasteiger partial charge in [-0.2, -0.15) is 5.26 Å². The minimum atomic E-state index is -0.350. The van der Waals surface area contributed by atoms with E-state index in [1.807, 2.05) is 66.9 Å². The highest BCUT2D eigenvalue weighted by Gasteiger charge is 2.21. The molecule has 0 saturated heterocycles. The lowest BCUT2D eigenvalue weighted by Gasteiger charge is -2.14. The van der Waals surface area contributed by atoms with Gasteiger partial charge in [0.05, 0.1) is 22.7 Å². The molecule has 0 aliphatic carbocycles. The minimum Gasteiger partial charge on any atom is -0.508 e. The van der Waals surface area contributed by atoms with Crippen LogP contribution in [0.15, 0.2) is 66.7 Å². The van der Waals surface area contributed by atoms with Gasteiger partial charge in [-0.15, -0.1) is 0 Å². The van der Waals surface area contributed by atoms with Gasteiger partial charge in [-0.1, -0.05) is 30.3 Å². The van der Waals surface area contributed by atoms with Crippen LogP contribution in [0.5, 0.6) is 5.75 Å². The molecule has 8 nitrogen and oxygen atoms in total. The molecule has 3 aromatic carbocycles. The number of benzene rings is 3. The largest absolute Gasteiger partial charge is 0.508 e. The van der Waals surface area contributed by atoms with E-state index >= 15 is 0 Å². The number of aromatic hydroxyl groups is 1. The predicted octanol–water partition coefficient (Wildman–Crippen LogP) is 4.09. The predicted molar refractivity (Wildman–Crippen MR) is 149 cm³/mol. The van der Waals surface area contributed by atoms with E-state index in [1.165, 1.54) is 0 Å². The van der Waals surface area contributed by atoms with Crippen molar-refractivity contribution in [2.45, 2.75) is 38.1 Å². The number of aryl methyl sites for hydroxylation is 1. The molecule has 38 heavy (non-hydrogen) atoms. The topological polar surface area (TPSA) is 128 Å². The molecule has 1 aromatic heterocycles. The molecule has 4 rings (SSSR count). The molecule has 2 atom stereocenters. The molecule has 0 fully saturated rings. The van der Waals surface area contributed by atoms with Crippen LogP contribution in [-0.4, -0.2) is 53.0 Å². The number of aliphatic hydroxyl groups excluding tert-OH is 1. The fourth-order valence-corrected chi connectivity index (χ4v) is 4.24. The summed E-state index contributed by atoms with van der Waals surface area (Å²) in [6.07, 6.45) is 2.90. The Balaban J connectivity index is 0.00000121. The van der Waals surface area contributed by atoms with Crippen molar-refractivity contribution in [1.29, 1.82) is 5.26 Å². The summed E-state index contributed by atoms with van der Waals surface area (Å²) in [5, 5.41) is 30.1. The number of carbonyl (C=O) groups is 2. The van der Waals surface area contributed by atoms with Crippen molar-refractivity contribution < 1.29 is 19.8 Å². The highest BCUT2D eigenvalue weighted by molar-refractivity contribution is 5.84. The van der Waals surface area contributed by atoms with Gasteiger partial charge in [-0.25, -0.2) is 4.98 Å². The molecular formula is C30H34N4O4. The number of aromatic nitrogens is 2. The van der Waals surface area contributed by atoms with Crippen LogP contribution >= 0.6 is 0 Å². The first-order valence-electron chi connectivity index (χ1n) is 12.2. The van der Waals surface area contributed by atoms with Gasteiger partial charge in [-0.05, 0) is 68.8 Å². The van der Waals surface area contributed by atoms with Crippen LogP contribution < -0.4 is 5.32 Å². The Morgan fingerprint density at radius 1 is 1.08 bits per heavy atom. The first kappa shape index (κ1) is 29.9. The molecular weight excluding hydrogens is 480 g/mol. The summed E-state index contributed by atoms with van der Waals surface area (Å²) in [4.78, 5) is 25.0. The van der Waals surface area contributed by atoms with Crippen LogP contribution in [0.1, 0.15) is 41.8 Å². The van der Waals surface area contributed by atoms with E-state index in [9.17, 15) is 15.2 Å². The summed E-state index contributed by atoms with van der Waals surface area (Å²) in [6, 6.07) is 23.0. The summed E-state index contributed by atoms with van der Waals surface area (Å²) in [7, 11) is 2.92. The van der Waals surface area contributed by atoms with Crippen LogP contribution in [0.25, 0.3) is 16.7 Å². The third-order valence-electron chi connectivity index (χ3n) is 6.35. The first-order valence-corrected chi connectivity index (χ1v) is 12.2. The average molecular weight is 515 g/mol. The number of hydrogen-bond donors (Lipinski definition) is 3. The molecule has 0 saturated carbocycles. The number of aldehydes is 1. The summed E-state index contributed by atoms with van der Waals surface area (Å²) >= 11 is 0. The number of nitriles is 1. The second kappa shape index (κ2) is 15.1. The second-order valence-electron chi connectivity index (χ2n) is 8.54. The van der Waals surface area contributed by atoms with Crippen LogP contribution in [-0.2, 0) is 22.4 Å². The van der Waals surface area contributed by atoms with Crippen molar-refractivity contribution in [3.8, 4) is 17.5 Å². The maximum absolute atomic E-state index is 12.1. The lowest BCUT2D eigenvalue weighted by Crippen LogP contribution is -2.21. The molecule has 2 unspecified atom stereocenters. The molecule has 0 aliphatic rings. The highest BCUT2D eigenvalue weighted by atomic mass is 16.3. The van der Waals surface area contributed by atoms with Crippen molar-refractivity contribution >= 4 is 24.1 Å². The number of carbonyl (C=O) groups excluding carboxylic acids is 2. The van der Waals surface area contributed by atoms with Crippen LogP contribution in [0.3, 0.4) is 0 Å². The molecule has 8 heteroatoms. The molecule has 0 amide bonds. The Morgan fingerprint density at radius 3 is 2.32 bits per heavy atom. The maximum Gasteiger partial charge on any atom is 0.127 e. The summed E-state index contributed by atoms with van der Waals surface area (Å²) < 4.78 is 2.03. The van der Waals surface area contributed by atoms with Gasteiger partial charge in [-0.3, -0.25) is 4.57 Å². The number of nitrogens with zero attached hydrogens (tertiary/aromatic N) is 3. The monoisotopic (exact) mass is 514 g/mol. The van der Waals surface area contributed by atoms with Crippen molar-refractivity contribution in [2.24, 2.45) is 0 Å². The number of fused-ring (bicyclic) bond motifs is 1. The zero-order chi connectivity index (χ0) is 28.1. The molecule has 0 spiro atoms. The zero-order valence-corrected chi connectivity index (χ0v) is 22.0. The Bertz CT molecular complexity index is 1340. The van der Waals surface area contributed by atoms with Crippen LogP contribution in [0.4, 0.5) is 0 Å². The molecule has 4 aromatic rings. The van der Waals surface area contributed by atoms with E-state index in [0.717, 1.165) is 53.5 Å². The summed E-state index contributed by atoms with van der Waals surface area (Å²) in [5.41, 5.74) is 4.76. The minimum absolute atomic E-state index is 0.224. The normalized spacial score (nSPS) is 11.8. The van der Waals surface area contributed by atoms with E-state index in [-0.39, 0.29) is 11.7 Å². The standard InChI is InChI=1S/C28H28N4O2.CH4O.CH2O/c1-19(30-2)8-13-24-26(34)15-14-25-28(24)31-27(16-22(18-33)21-6-4-3-5-7-21)32(25)23-11-9-20(17-29)10-12-23;2*1-2/h3-7,9-12,14-15,18-19,22,30,34H,8,13,16H2,1-2H3;2H,1H3;1H2. The van der Waals surface area contributed by atoms with Crippen LogP contribution in [0.2, 0.25) is 0 Å². The number of hydrogen-bond acceptors (Lipinski definition) is 7. The molecule has 3 N–H and O–H groups in total. The Labute approximate surface area is 223 Å². The van der Waals surface area contributed by atoms with Crippen molar-refractivity contribution in [2.75, 3.05) is 14.2 Å². The molecule has 0 aliphatic heterocycles. The van der Waals surface area contributed by atoms with E-state index in [1.54, 1.807) is 18.2 Å². The van der Waals surface area contributed by atoms with Gasteiger partial charge in [0.1, 0.15) is 24.6 Å². The maximum atomic E-state index is 12.1. The molecule has 0 bridgehead atoms. The average Bonchev–Trinajstić information content (AvgIpc) is 3.35. The fraction of sp³-hybridized carbons (Fsp3) is 0.267. The number of rotatable bonds is 9. The fourth-order valence-electron chi connectivity index (χ4n) is 4.24. The van der Waals surface area contributed by atoms with Gasteiger partial charge in [0.25, 0.3) is 0 Å². The van der Waals surface area contributed by atoms with Gasteiger partial charge in [0, 0.05) is 36.7 Å². The van der Waals surface area contributed by atoms with E-state index in [4.69, 9.17) is 14.9 Å². The smallest absolute Gasteiger partial charge is 0.127 e. The van der Waals surface area contributed by atoms with Gasteiger partial charge >= 0.3 is 0 Å². The van der Waals surface area contributed by atoms with Crippen molar-refractivity contribution in [3.05, 3.63) is 89.2 Å². The first-order chi connectivity index (χ1) is 18.5. The van der Waals surface area contributed by atoms with Gasteiger partial charge < -0.3 is 25.1 Å². The SMILES string of the molecule is C=O.CNC(C)CCc1c(O)ccc2c1nc(CC(C=O)c1ccccc1)n2-c1ccc(C#N)cc1.CO. The number of imidazole rings is 1. The van der Waals surface area contributed by atoms with Gasteiger partial charge in [0.15, 0.2) is 0 Å². The number of phenols is 1. The van der Waals surface area contributed by atoms with Crippen molar-refractivity contribution in [1.82, 2.24) is 14.9 Å². The lowest BCUT2D eigenvalue weighted by molar-refractivity contribution is -0.109. The summed E-state index contributed by atoms with van der Waals surface area (Å²) in [5.74, 6) is 0.604. The quantitative estimate of drug-likeness (QED) is 0.287. The van der Waals surface area contributed by atoms with E-state index in [2.05, 4.69) is 18.3 Å². The Kier molecular flexibility index (Phi) is 11.8.